The van der Waals surface area contributed by atoms with E-state index in [0.717, 1.165) is 19.2 Å². The molecule has 29 heavy (non-hydrogen) atoms. The molecule has 0 unspecified atom stereocenters. The van der Waals surface area contributed by atoms with Crippen LogP contribution in [0.1, 0.15) is 5.76 Å². The number of fused-ring (bicyclic) bond motifs is 1. The number of carbonyl (C=O) groups is 1. The molecule has 0 bridgehead atoms. The molecule has 3 aromatic rings. The molecule has 0 N–H and O–H groups in total. The monoisotopic (exact) mass is 410 g/mol. The van der Waals surface area contributed by atoms with Gasteiger partial charge in [-0.3, -0.25) is 4.79 Å². The molecule has 0 atom stereocenters. The third-order valence-corrected chi connectivity index (χ3v) is 3.73. The molecule has 1 aromatic heterocycles. The van der Waals surface area contributed by atoms with E-state index in [2.05, 4.69) is 4.74 Å². The first-order valence-corrected chi connectivity index (χ1v) is 7.98. The fraction of sp³-hybridized carbons (Fsp3) is 0.158. The Labute approximate surface area is 161 Å². The number of methoxy groups -OCH3 is 2. The lowest BCUT2D eigenvalue weighted by atomic mass is 10.2. The van der Waals surface area contributed by atoms with Crippen molar-refractivity contribution in [3.63, 3.8) is 0 Å². The fourth-order valence-electron chi connectivity index (χ4n) is 2.40. The number of benzene rings is 2. The number of hydrogen-bond donors (Lipinski definition) is 0. The van der Waals surface area contributed by atoms with Gasteiger partial charge in [0.15, 0.2) is 0 Å². The molecule has 7 nitrogen and oxygen atoms in total. The summed E-state index contributed by atoms with van der Waals surface area (Å²) in [6.07, 6.45) is -6.10. The predicted molar refractivity (Wildman–Crippen MR) is 93.6 cm³/mol. The van der Waals surface area contributed by atoms with E-state index >= 15 is 0 Å². The molecule has 0 radical (unpaired) electrons. The van der Waals surface area contributed by atoms with Crippen LogP contribution in [0, 0.1) is 0 Å². The van der Waals surface area contributed by atoms with E-state index in [9.17, 15) is 22.8 Å². The summed E-state index contributed by atoms with van der Waals surface area (Å²) in [5.74, 6) is -2.37. The molecule has 0 amide bonds. The van der Waals surface area contributed by atoms with Crippen LogP contribution in [-0.4, -0.2) is 20.4 Å². The van der Waals surface area contributed by atoms with Gasteiger partial charge in [-0.15, -0.1) is 0 Å². The van der Waals surface area contributed by atoms with Crippen LogP contribution in [0.25, 0.3) is 11.0 Å². The van der Waals surface area contributed by atoms with Crippen molar-refractivity contribution in [2.75, 3.05) is 14.2 Å². The minimum Gasteiger partial charge on any atom is -0.497 e. The van der Waals surface area contributed by atoms with Gasteiger partial charge in [0.05, 0.1) is 19.6 Å². The summed E-state index contributed by atoms with van der Waals surface area (Å²) < 4.78 is 64.6. The molecule has 0 saturated carbocycles. The van der Waals surface area contributed by atoms with Crippen molar-refractivity contribution in [3.05, 3.63) is 58.4 Å². The Morgan fingerprint density at radius 3 is 2.17 bits per heavy atom. The largest absolute Gasteiger partial charge is 0.513 e. The molecule has 0 saturated heterocycles. The summed E-state index contributed by atoms with van der Waals surface area (Å²) in [5.41, 5.74) is -1.48. The summed E-state index contributed by atoms with van der Waals surface area (Å²) in [7, 11) is 2.49. The maximum absolute atomic E-state index is 13.5. The van der Waals surface area contributed by atoms with Crippen molar-refractivity contribution >= 4 is 17.1 Å². The van der Waals surface area contributed by atoms with Crippen molar-refractivity contribution in [2.24, 2.45) is 0 Å². The highest BCUT2D eigenvalue weighted by molar-refractivity contribution is 5.80. The van der Waals surface area contributed by atoms with E-state index in [1.165, 1.54) is 37.4 Å². The first-order valence-electron chi connectivity index (χ1n) is 7.98. The zero-order valence-corrected chi connectivity index (χ0v) is 15.0. The molecule has 0 aliphatic rings. The van der Waals surface area contributed by atoms with Gasteiger partial charge in [0.2, 0.25) is 11.2 Å². The summed E-state index contributed by atoms with van der Waals surface area (Å²) in [6.45, 7) is 0. The Bertz CT molecular complexity index is 1100. The molecule has 1 heterocycles. The molecule has 10 heteroatoms. The van der Waals surface area contributed by atoms with Gasteiger partial charge in [-0.2, -0.15) is 13.2 Å². The molecule has 2 aromatic carbocycles. The summed E-state index contributed by atoms with van der Waals surface area (Å²) in [4.78, 5) is 23.8. The van der Waals surface area contributed by atoms with Crippen molar-refractivity contribution in [2.45, 2.75) is 6.18 Å². The van der Waals surface area contributed by atoms with Crippen LogP contribution in [0.3, 0.4) is 0 Å². The number of halogens is 3. The SMILES string of the molecule is COC(=O)Oc1ccc2c(=O)c(Oc3ccc(OC)cc3)c(C(F)(F)F)oc2c1. The Balaban J connectivity index is 2.12. The first-order chi connectivity index (χ1) is 13.7. The average molecular weight is 410 g/mol. The van der Waals surface area contributed by atoms with E-state index in [-0.39, 0.29) is 16.9 Å². The minimum atomic E-state index is -5.02. The van der Waals surface area contributed by atoms with Crippen molar-refractivity contribution in [1.29, 1.82) is 0 Å². The van der Waals surface area contributed by atoms with Crippen molar-refractivity contribution < 1.29 is 41.3 Å². The topological polar surface area (TPSA) is 84.2 Å². The van der Waals surface area contributed by atoms with Crippen LogP contribution in [0.2, 0.25) is 0 Å². The second-order valence-corrected chi connectivity index (χ2v) is 5.58. The highest BCUT2D eigenvalue weighted by Gasteiger charge is 2.40. The number of ether oxygens (including phenoxy) is 4. The van der Waals surface area contributed by atoms with Crippen LogP contribution < -0.4 is 19.6 Å². The number of rotatable bonds is 4. The third kappa shape index (κ3) is 4.26. The molecule has 3 rings (SSSR count). The van der Waals surface area contributed by atoms with Crippen LogP contribution in [0.15, 0.2) is 51.7 Å². The predicted octanol–water partition coefficient (Wildman–Crippen LogP) is 4.76. The van der Waals surface area contributed by atoms with E-state index in [4.69, 9.17) is 18.6 Å². The Morgan fingerprint density at radius 1 is 0.966 bits per heavy atom. The number of hydrogen-bond acceptors (Lipinski definition) is 7. The number of carbonyl (C=O) groups excluding carboxylic acids is 1. The van der Waals surface area contributed by atoms with Gasteiger partial charge in [0.25, 0.3) is 5.76 Å². The molecule has 152 valence electrons. The van der Waals surface area contributed by atoms with Gasteiger partial charge < -0.3 is 23.4 Å². The summed E-state index contributed by atoms with van der Waals surface area (Å²) in [5, 5.41) is -0.196. The zero-order valence-electron chi connectivity index (χ0n) is 15.0. The third-order valence-electron chi connectivity index (χ3n) is 3.73. The standard InChI is InChI=1S/C19H13F3O7/c1-25-10-3-5-11(6-4-10)27-16-15(23)13-8-7-12(28-18(24)26-2)9-14(13)29-17(16)19(20,21)22/h3-9H,1-2H3. The maximum atomic E-state index is 13.5. The minimum absolute atomic E-state index is 0.0198. The van der Waals surface area contributed by atoms with Gasteiger partial charge in [-0.05, 0) is 36.4 Å². The van der Waals surface area contributed by atoms with Crippen molar-refractivity contribution in [3.8, 4) is 23.0 Å². The van der Waals surface area contributed by atoms with E-state index < -0.39 is 34.9 Å². The molecular formula is C19H13F3O7. The van der Waals surface area contributed by atoms with Gasteiger partial charge in [-0.1, -0.05) is 0 Å². The summed E-state index contributed by atoms with van der Waals surface area (Å²) in [6, 6.07) is 8.94. The Kier molecular flexibility index (Phi) is 5.35. The smallest absolute Gasteiger partial charge is 0.497 e. The zero-order chi connectivity index (χ0) is 21.2. The van der Waals surface area contributed by atoms with E-state index in [0.29, 0.717) is 5.75 Å². The Hall–Kier alpha value is -3.69. The van der Waals surface area contributed by atoms with Crippen LogP contribution in [0.4, 0.5) is 18.0 Å². The lowest BCUT2D eigenvalue weighted by Gasteiger charge is -2.13. The molecular weight excluding hydrogens is 397 g/mol. The van der Waals surface area contributed by atoms with Gasteiger partial charge in [0.1, 0.15) is 22.8 Å². The lowest BCUT2D eigenvalue weighted by molar-refractivity contribution is -0.154. The molecule has 0 aliphatic carbocycles. The molecule has 0 fully saturated rings. The van der Waals surface area contributed by atoms with Gasteiger partial charge >= 0.3 is 12.3 Å². The number of alkyl halides is 3. The van der Waals surface area contributed by atoms with Crippen LogP contribution >= 0.6 is 0 Å². The average Bonchev–Trinajstić information content (AvgIpc) is 2.69. The Morgan fingerprint density at radius 2 is 1.59 bits per heavy atom. The van der Waals surface area contributed by atoms with Gasteiger partial charge in [-0.25, -0.2) is 4.79 Å². The summed E-state index contributed by atoms with van der Waals surface area (Å²) >= 11 is 0. The van der Waals surface area contributed by atoms with Crippen LogP contribution in [0.5, 0.6) is 23.0 Å². The highest BCUT2D eigenvalue weighted by Crippen LogP contribution is 2.38. The van der Waals surface area contributed by atoms with Crippen molar-refractivity contribution in [1.82, 2.24) is 0 Å². The molecule has 0 spiro atoms. The molecule has 0 aliphatic heterocycles. The fourth-order valence-corrected chi connectivity index (χ4v) is 2.40. The maximum Gasteiger partial charge on any atom is 0.513 e. The second-order valence-electron chi connectivity index (χ2n) is 5.58. The normalized spacial score (nSPS) is 11.2. The van der Waals surface area contributed by atoms with Gasteiger partial charge in [0, 0.05) is 6.07 Å². The quantitative estimate of drug-likeness (QED) is 0.453. The lowest BCUT2D eigenvalue weighted by Crippen LogP contribution is -2.15. The second kappa shape index (κ2) is 7.74. The van der Waals surface area contributed by atoms with E-state index in [1.54, 1.807) is 0 Å². The highest BCUT2D eigenvalue weighted by atomic mass is 19.4. The van der Waals surface area contributed by atoms with Crippen LogP contribution in [-0.2, 0) is 10.9 Å². The first kappa shape index (κ1) is 20.1. The van der Waals surface area contributed by atoms with E-state index in [1.807, 2.05) is 0 Å².